The first-order valence-corrected chi connectivity index (χ1v) is 6.65. The zero-order valence-corrected chi connectivity index (χ0v) is 12.6. The van der Waals surface area contributed by atoms with E-state index in [0.29, 0.717) is 17.1 Å². The van der Waals surface area contributed by atoms with Gasteiger partial charge < -0.3 is 24.8 Å². The van der Waals surface area contributed by atoms with Crippen LogP contribution in [0.2, 0.25) is 0 Å². The van der Waals surface area contributed by atoms with Crippen molar-refractivity contribution >= 4 is 11.9 Å². The molecule has 0 aliphatic carbocycles. The standard InChI is InChI=1S/C17H16O6/c1-22-16-8-11(18)9-17(23-2)12(16)4-6-13(19)10-3-5-14(20)15(21)7-10/h3-9,18,20-21H,1-2H3. The lowest BCUT2D eigenvalue weighted by Crippen LogP contribution is -1.96. The number of phenols is 3. The number of ether oxygens (including phenoxy) is 2. The molecule has 2 rings (SSSR count). The van der Waals surface area contributed by atoms with E-state index in [-0.39, 0.29) is 28.6 Å². The van der Waals surface area contributed by atoms with Crippen LogP contribution in [0, 0.1) is 0 Å². The first-order valence-electron chi connectivity index (χ1n) is 6.65. The predicted molar refractivity (Wildman–Crippen MR) is 84.3 cm³/mol. The third-order valence-corrected chi connectivity index (χ3v) is 3.19. The third kappa shape index (κ3) is 3.55. The molecule has 0 saturated heterocycles. The quantitative estimate of drug-likeness (QED) is 0.446. The van der Waals surface area contributed by atoms with E-state index in [2.05, 4.69) is 0 Å². The largest absolute Gasteiger partial charge is 0.508 e. The number of rotatable bonds is 5. The highest BCUT2D eigenvalue weighted by atomic mass is 16.5. The van der Waals surface area contributed by atoms with Gasteiger partial charge in [0, 0.05) is 17.7 Å². The first kappa shape index (κ1) is 16.2. The van der Waals surface area contributed by atoms with E-state index in [9.17, 15) is 20.1 Å². The summed E-state index contributed by atoms with van der Waals surface area (Å²) >= 11 is 0. The van der Waals surface area contributed by atoms with Gasteiger partial charge in [-0.2, -0.15) is 0 Å². The molecule has 0 amide bonds. The lowest BCUT2D eigenvalue weighted by atomic mass is 10.1. The molecule has 0 spiro atoms. The smallest absolute Gasteiger partial charge is 0.185 e. The molecule has 0 heterocycles. The fourth-order valence-corrected chi connectivity index (χ4v) is 2.02. The summed E-state index contributed by atoms with van der Waals surface area (Å²) in [5.74, 6) is -0.376. The molecule has 120 valence electrons. The van der Waals surface area contributed by atoms with Crippen LogP contribution in [-0.2, 0) is 0 Å². The highest BCUT2D eigenvalue weighted by molar-refractivity contribution is 6.07. The number of aromatic hydroxyl groups is 3. The molecular weight excluding hydrogens is 300 g/mol. The zero-order valence-electron chi connectivity index (χ0n) is 12.6. The van der Waals surface area contributed by atoms with Crippen LogP contribution < -0.4 is 9.47 Å². The van der Waals surface area contributed by atoms with E-state index in [4.69, 9.17) is 9.47 Å². The minimum Gasteiger partial charge on any atom is -0.508 e. The Kier molecular flexibility index (Phi) is 4.75. The minimum atomic E-state index is -0.377. The second-order valence-corrected chi connectivity index (χ2v) is 4.67. The number of phenolic OH excluding ortho intramolecular Hbond substituents is 3. The fourth-order valence-electron chi connectivity index (χ4n) is 2.02. The van der Waals surface area contributed by atoms with Gasteiger partial charge >= 0.3 is 0 Å². The Balaban J connectivity index is 2.35. The maximum Gasteiger partial charge on any atom is 0.185 e. The number of benzene rings is 2. The van der Waals surface area contributed by atoms with Gasteiger partial charge in [-0.25, -0.2) is 0 Å². The molecular formula is C17H16O6. The molecule has 6 heteroatoms. The molecule has 0 atom stereocenters. The van der Waals surface area contributed by atoms with E-state index in [0.717, 1.165) is 0 Å². The summed E-state index contributed by atoms with van der Waals surface area (Å²) in [6.07, 6.45) is 2.77. The summed E-state index contributed by atoms with van der Waals surface area (Å²) in [6, 6.07) is 6.61. The molecule has 0 fully saturated rings. The molecule has 0 radical (unpaired) electrons. The second-order valence-electron chi connectivity index (χ2n) is 4.67. The van der Waals surface area contributed by atoms with Crippen LogP contribution in [0.5, 0.6) is 28.7 Å². The first-order chi connectivity index (χ1) is 11.0. The van der Waals surface area contributed by atoms with Gasteiger partial charge in [0.05, 0.1) is 19.8 Å². The van der Waals surface area contributed by atoms with Crippen LogP contribution in [-0.4, -0.2) is 35.3 Å². The summed E-state index contributed by atoms with van der Waals surface area (Å²) in [6.45, 7) is 0. The average Bonchev–Trinajstić information content (AvgIpc) is 2.54. The van der Waals surface area contributed by atoms with Crippen LogP contribution in [0.3, 0.4) is 0 Å². The van der Waals surface area contributed by atoms with Gasteiger partial charge in [-0.15, -0.1) is 0 Å². The van der Waals surface area contributed by atoms with Crippen molar-refractivity contribution in [3.63, 3.8) is 0 Å². The highest BCUT2D eigenvalue weighted by Gasteiger charge is 2.11. The van der Waals surface area contributed by atoms with Crippen molar-refractivity contribution in [1.29, 1.82) is 0 Å². The molecule has 0 bridgehead atoms. The number of carbonyl (C=O) groups excluding carboxylic acids is 1. The predicted octanol–water partition coefficient (Wildman–Crippen LogP) is 2.72. The number of hydrogen-bond donors (Lipinski definition) is 3. The summed E-state index contributed by atoms with van der Waals surface area (Å²) in [5.41, 5.74) is 0.706. The average molecular weight is 316 g/mol. The maximum absolute atomic E-state index is 12.1. The molecule has 0 aliphatic heterocycles. The van der Waals surface area contributed by atoms with Crippen LogP contribution in [0.4, 0.5) is 0 Å². The molecule has 0 aromatic heterocycles. The molecule has 23 heavy (non-hydrogen) atoms. The Labute approximate surface area is 132 Å². The van der Waals surface area contributed by atoms with Gasteiger partial charge in [0.1, 0.15) is 17.2 Å². The van der Waals surface area contributed by atoms with Crippen LogP contribution >= 0.6 is 0 Å². The number of ketones is 1. The molecule has 0 saturated carbocycles. The van der Waals surface area contributed by atoms with Gasteiger partial charge in [-0.05, 0) is 30.4 Å². The highest BCUT2D eigenvalue weighted by Crippen LogP contribution is 2.34. The third-order valence-electron chi connectivity index (χ3n) is 3.19. The van der Waals surface area contributed by atoms with Crippen molar-refractivity contribution in [2.24, 2.45) is 0 Å². The second kappa shape index (κ2) is 6.74. The van der Waals surface area contributed by atoms with Crippen molar-refractivity contribution in [3.05, 3.63) is 47.5 Å². The Bertz CT molecular complexity index is 739. The van der Waals surface area contributed by atoms with Gasteiger partial charge in [0.25, 0.3) is 0 Å². The Hall–Kier alpha value is -3.15. The summed E-state index contributed by atoms with van der Waals surface area (Å²) in [5, 5.41) is 28.3. The lowest BCUT2D eigenvalue weighted by Gasteiger charge is -2.10. The van der Waals surface area contributed by atoms with Gasteiger partial charge in [0.2, 0.25) is 0 Å². The Morgan fingerprint density at radius 2 is 1.57 bits per heavy atom. The van der Waals surface area contributed by atoms with Crippen LogP contribution in [0.1, 0.15) is 15.9 Å². The molecule has 6 nitrogen and oxygen atoms in total. The van der Waals surface area contributed by atoms with Crippen molar-refractivity contribution in [2.45, 2.75) is 0 Å². The van der Waals surface area contributed by atoms with Crippen molar-refractivity contribution < 1.29 is 29.6 Å². The van der Waals surface area contributed by atoms with Crippen molar-refractivity contribution in [3.8, 4) is 28.7 Å². The van der Waals surface area contributed by atoms with Gasteiger partial charge in [0.15, 0.2) is 17.3 Å². The van der Waals surface area contributed by atoms with E-state index in [1.54, 1.807) is 0 Å². The molecule has 0 aliphatic rings. The number of allylic oxidation sites excluding steroid dienone is 1. The molecule has 2 aromatic carbocycles. The Morgan fingerprint density at radius 1 is 0.957 bits per heavy atom. The monoisotopic (exact) mass is 316 g/mol. The lowest BCUT2D eigenvalue weighted by molar-refractivity contribution is 0.104. The minimum absolute atomic E-state index is 0.0226. The molecule has 2 aromatic rings. The number of carbonyl (C=O) groups is 1. The van der Waals surface area contributed by atoms with Crippen molar-refractivity contribution in [2.75, 3.05) is 14.2 Å². The van der Waals surface area contributed by atoms with Crippen LogP contribution in [0.15, 0.2) is 36.4 Å². The van der Waals surface area contributed by atoms with E-state index in [1.165, 1.54) is 56.7 Å². The van der Waals surface area contributed by atoms with Gasteiger partial charge in [-0.3, -0.25) is 4.79 Å². The molecule has 0 unspecified atom stereocenters. The number of methoxy groups -OCH3 is 2. The maximum atomic E-state index is 12.1. The van der Waals surface area contributed by atoms with Crippen molar-refractivity contribution in [1.82, 2.24) is 0 Å². The fraction of sp³-hybridized carbons (Fsp3) is 0.118. The van der Waals surface area contributed by atoms with Gasteiger partial charge in [-0.1, -0.05) is 0 Å². The normalized spacial score (nSPS) is 10.7. The zero-order chi connectivity index (χ0) is 17.0. The molecule has 3 N–H and O–H groups in total. The topological polar surface area (TPSA) is 96.2 Å². The summed E-state index contributed by atoms with van der Waals surface area (Å²) in [7, 11) is 2.87. The Morgan fingerprint density at radius 3 is 2.09 bits per heavy atom. The van der Waals surface area contributed by atoms with Crippen LogP contribution in [0.25, 0.3) is 6.08 Å². The summed E-state index contributed by atoms with van der Waals surface area (Å²) in [4.78, 5) is 12.1. The summed E-state index contributed by atoms with van der Waals surface area (Å²) < 4.78 is 10.3. The van der Waals surface area contributed by atoms with E-state index in [1.807, 2.05) is 0 Å². The number of hydrogen-bond acceptors (Lipinski definition) is 6. The SMILES string of the molecule is COc1cc(O)cc(OC)c1C=CC(=O)c1ccc(O)c(O)c1. The van der Waals surface area contributed by atoms with E-state index >= 15 is 0 Å². The van der Waals surface area contributed by atoms with E-state index < -0.39 is 0 Å².